The van der Waals surface area contributed by atoms with Gasteiger partial charge in [-0.15, -0.1) is 0 Å². The summed E-state index contributed by atoms with van der Waals surface area (Å²) in [6.45, 7) is -0.844. The van der Waals surface area contributed by atoms with Crippen molar-refractivity contribution in [3.05, 3.63) is 0 Å². The quantitative estimate of drug-likeness (QED) is 0.309. The molecule has 5 fully saturated rings. The second-order valence-corrected chi connectivity index (χ2v) is 6.24. The van der Waals surface area contributed by atoms with Gasteiger partial charge in [0.2, 0.25) is 0 Å². The summed E-state index contributed by atoms with van der Waals surface area (Å²) in [4.78, 5) is 24.3. The van der Waals surface area contributed by atoms with Crippen molar-refractivity contribution >= 4 is 11.9 Å². The van der Waals surface area contributed by atoms with E-state index in [0.29, 0.717) is 0 Å². The second-order valence-electron chi connectivity index (χ2n) is 6.24. The Kier molecular flexibility index (Phi) is 2.42. The van der Waals surface area contributed by atoms with E-state index in [2.05, 4.69) is 0 Å². The molecule has 0 aliphatic carbocycles. The number of esters is 2. The number of aliphatic hydroxyl groups excluding tert-OH is 2. The fraction of sp³-hybridized carbons (Fsp3) is 0.833. The van der Waals surface area contributed by atoms with Gasteiger partial charge in [-0.05, 0) is 0 Å². The molecule has 5 rings (SSSR count). The van der Waals surface area contributed by atoms with Crippen LogP contribution in [-0.4, -0.2) is 93.1 Å². The van der Waals surface area contributed by atoms with Crippen molar-refractivity contribution in [3.63, 3.8) is 0 Å². The van der Waals surface area contributed by atoms with E-state index < -0.39 is 72.7 Å². The Morgan fingerprint density at radius 2 is 1.17 bits per heavy atom. The molecule has 5 saturated heterocycles. The van der Waals surface area contributed by atoms with Crippen LogP contribution in [-0.2, 0) is 38.0 Å². The van der Waals surface area contributed by atoms with Crippen molar-refractivity contribution in [1.82, 2.24) is 0 Å². The highest BCUT2D eigenvalue weighted by molar-refractivity contribution is 5.86. The number of hydrogen-bond donors (Lipinski definition) is 4. The summed E-state index contributed by atoms with van der Waals surface area (Å²) < 4.78 is 30.6. The lowest BCUT2D eigenvalue weighted by molar-refractivity contribution is -0.528. The van der Waals surface area contributed by atoms with Gasteiger partial charge in [0.15, 0.2) is 12.2 Å². The molecule has 0 radical (unpaired) electrons. The highest BCUT2D eigenvalue weighted by atomic mass is 16.9. The zero-order valence-electron chi connectivity index (χ0n) is 11.8. The maximum Gasteiger partial charge on any atom is 0.373 e. The third-order valence-corrected chi connectivity index (χ3v) is 4.95. The van der Waals surface area contributed by atoms with Gasteiger partial charge in [-0.25, -0.2) is 9.59 Å². The molecule has 0 saturated carbocycles. The van der Waals surface area contributed by atoms with Gasteiger partial charge in [0.05, 0.1) is 13.2 Å². The first-order valence-corrected chi connectivity index (χ1v) is 7.11. The van der Waals surface area contributed by atoms with E-state index in [4.69, 9.17) is 28.4 Å². The van der Waals surface area contributed by atoms with Crippen molar-refractivity contribution in [3.8, 4) is 0 Å². The van der Waals surface area contributed by atoms with Crippen LogP contribution in [0.5, 0.6) is 0 Å². The van der Waals surface area contributed by atoms with Gasteiger partial charge in [0, 0.05) is 0 Å². The number of carbonyl (C=O) groups is 2. The van der Waals surface area contributed by atoms with Gasteiger partial charge in [-0.3, -0.25) is 9.47 Å². The Morgan fingerprint density at radius 3 is 1.54 bits per heavy atom. The number of hydrogen-bond acceptors (Lipinski definition) is 12. The Balaban J connectivity index is 1.70. The molecule has 12 nitrogen and oxygen atoms in total. The van der Waals surface area contributed by atoms with E-state index in [1.807, 2.05) is 0 Å². The van der Waals surface area contributed by atoms with E-state index in [1.54, 1.807) is 0 Å². The summed E-state index contributed by atoms with van der Waals surface area (Å²) in [5.41, 5.74) is 0. The van der Waals surface area contributed by atoms with Crippen LogP contribution in [0.2, 0.25) is 0 Å². The lowest BCUT2D eigenvalue weighted by Crippen LogP contribution is -2.78. The highest BCUT2D eigenvalue weighted by Crippen LogP contribution is 2.60. The molecular weight excluding hydrogens is 336 g/mol. The van der Waals surface area contributed by atoms with Gasteiger partial charge in [0.1, 0.15) is 12.2 Å². The average Bonchev–Trinajstić information content (AvgIpc) is 3.13. The topological polar surface area (TPSA) is 170 Å². The van der Waals surface area contributed by atoms with Crippen molar-refractivity contribution in [2.24, 2.45) is 0 Å². The standard InChI is InChI=1S/C12H12O12/c13-3-1-19-11-5(3)21-7(15)9(11,17)24-12-6(4(14)2-20-12)22-8(16)10(12,18)23-11/h3-6,13-14,17-18H,1-2H2/t3?,4?,5?,6?,9-,10?,11?,12?/m1/s1. The molecule has 7 unspecified atom stereocenters. The van der Waals surface area contributed by atoms with Gasteiger partial charge < -0.3 is 39.4 Å². The molecule has 0 aromatic heterocycles. The van der Waals surface area contributed by atoms with Crippen LogP contribution in [0.15, 0.2) is 0 Å². The third-order valence-electron chi connectivity index (χ3n) is 4.95. The third kappa shape index (κ3) is 1.22. The summed E-state index contributed by atoms with van der Waals surface area (Å²) in [6.07, 6.45) is -5.91. The van der Waals surface area contributed by atoms with Crippen LogP contribution in [0.1, 0.15) is 0 Å². The van der Waals surface area contributed by atoms with E-state index in [0.717, 1.165) is 0 Å². The number of ether oxygens (including phenoxy) is 6. The minimum Gasteiger partial charge on any atom is -0.449 e. The maximum atomic E-state index is 12.1. The van der Waals surface area contributed by atoms with Crippen molar-refractivity contribution in [1.29, 1.82) is 0 Å². The first-order chi connectivity index (χ1) is 11.2. The molecule has 5 aliphatic heterocycles. The Bertz CT molecular complexity index is 610. The molecule has 2 spiro atoms. The lowest BCUT2D eigenvalue weighted by Gasteiger charge is -2.50. The molecule has 132 valence electrons. The summed E-state index contributed by atoms with van der Waals surface area (Å²) in [7, 11) is 0. The van der Waals surface area contributed by atoms with Crippen LogP contribution in [0.4, 0.5) is 0 Å². The highest BCUT2D eigenvalue weighted by Gasteiger charge is 2.91. The Hall–Kier alpha value is -1.38. The van der Waals surface area contributed by atoms with E-state index in [1.165, 1.54) is 0 Å². The fourth-order valence-electron chi connectivity index (χ4n) is 3.81. The summed E-state index contributed by atoms with van der Waals surface area (Å²) in [6, 6.07) is 0. The predicted octanol–water partition coefficient (Wildman–Crippen LogP) is -4.56. The van der Waals surface area contributed by atoms with Crippen LogP contribution in [0, 0.1) is 0 Å². The summed E-state index contributed by atoms with van der Waals surface area (Å²) in [5.74, 6) is -13.7. The molecule has 5 aliphatic rings. The molecule has 0 aromatic carbocycles. The molecule has 0 aromatic rings. The molecule has 8 atom stereocenters. The Labute approximate surface area is 132 Å². The summed E-state index contributed by atoms with van der Waals surface area (Å²) in [5, 5.41) is 41.2. The molecular formula is C12H12O12. The average molecular weight is 348 g/mol. The molecule has 5 heterocycles. The van der Waals surface area contributed by atoms with Gasteiger partial charge in [-0.1, -0.05) is 0 Å². The largest absolute Gasteiger partial charge is 0.449 e. The van der Waals surface area contributed by atoms with Crippen molar-refractivity contribution < 1.29 is 58.4 Å². The number of carbonyl (C=O) groups excluding carboxylic acids is 2. The molecule has 0 amide bonds. The van der Waals surface area contributed by atoms with Crippen molar-refractivity contribution in [2.45, 2.75) is 47.6 Å². The first-order valence-electron chi connectivity index (χ1n) is 7.11. The van der Waals surface area contributed by atoms with Gasteiger partial charge in [0.25, 0.3) is 11.6 Å². The summed E-state index contributed by atoms with van der Waals surface area (Å²) >= 11 is 0. The SMILES string of the molecule is O=C1OC2C(O)COC23O[C@]2(O)C(=O)OC4C(O)COC42OC13O. The lowest BCUT2D eigenvalue weighted by atomic mass is 9.93. The first kappa shape index (κ1) is 14.9. The minimum absolute atomic E-state index is 0.422. The zero-order chi connectivity index (χ0) is 17.1. The van der Waals surface area contributed by atoms with E-state index >= 15 is 0 Å². The number of rotatable bonds is 0. The van der Waals surface area contributed by atoms with Crippen LogP contribution < -0.4 is 0 Å². The molecule has 0 bridgehead atoms. The number of aliphatic hydroxyl groups is 4. The predicted molar refractivity (Wildman–Crippen MR) is 61.2 cm³/mol. The van der Waals surface area contributed by atoms with Crippen molar-refractivity contribution in [2.75, 3.05) is 13.2 Å². The molecule has 4 N–H and O–H groups in total. The molecule has 12 heteroatoms. The van der Waals surface area contributed by atoms with E-state index in [-0.39, 0.29) is 0 Å². The van der Waals surface area contributed by atoms with Crippen LogP contribution >= 0.6 is 0 Å². The zero-order valence-corrected chi connectivity index (χ0v) is 11.8. The molecule has 24 heavy (non-hydrogen) atoms. The fourth-order valence-corrected chi connectivity index (χ4v) is 3.81. The van der Waals surface area contributed by atoms with E-state index in [9.17, 15) is 30.0 Å². The van der Waals surface area contributed by atoms with Gasteiger partial charge >= 0.3 is 23.5 Å². The normalized spacial score (nSPS) is 61.0. The second kappa shape index (κ2) is 3.89. The minimum atomic E-state index is -2.96. The van der Waals surface area contributed by atoms with Crippen LogP contribution in [0.25, 0.3) is 0 Å². The van der Waals surface area contributed by atoms with Crippen LogP contribution in [0.3, 0.4) is 0 Å². The Morgan fingerprint density at radius 1 is 0.792 bits per heavy atom. The maximum absolute atomic E-state index is 12.1. The smallest absolute Gasteiger partial charge is 0.373 e. The monoisotopic (exact) mass is 348 g/mol. The van der Waals surface area contributed by atoms with Gasteiger partial charge in [-0.2, -0.15) is 0 Å².